The maximum atomic E-state index is 13.2. The third-order valence-electron chi connectivity index (χ3n) is 7.20. The molecular weight excluding hydrogens is 368 g/mol. The molecule has 0 radical (unpaired) electrons. The fraction of sp³-hybridized carbons (Fsp3) is 0.519. The Morgan fingerprint density at radius 3 is 2.53 bits per heavy atom. The van der Waals surface area contributed by atoms with E-state index in [1.165, 1.54) is 44.9 Å². The second kappa shape index (κ2) is 10.1. The fourth-order valence-electron chi connectivity index (χ4n) is 5.45. The molecular formula is C27H36N2O. The number of rotatable bonds is 6. The Kier molecular flexibility index (Phi) is 7.09. The highest BCUT2D eigenvalue weighted by Crippen LogP contribution is 2.34. The summed E-state index contributed by atoms with van der Waals surface area (Å²) < 4.78 is 0. The highest BCUT2D eigenvalue weighted by atomic mass is 16.1. The van der Waals surface area contributed by atoms with Gasteiger partial charge in [-0.15, -0.1) is 0 Å². The molecule has 2 aliphatic rings. The minimum Gasteiger partial charge on any atom is -0.402 e. The summed E-state index contributed by atoms with van der Waals surface area (Å²) in [6.45, 7) is 0. The predicted octanol–water partition coefficient (Wildman–Crippen LogP) is 6.79. The van der Waals surface area contributed by atoms with Crippen molar-refractivity contribution in [2.45, 2.75) is 70.6 Å². The number of nitrogens with one attached hydrogen (secondary N) is 1. The molecule has 0 spiro atoms. The number of benzene rings is 2. The summed E-state index contributed by atoms with van der Waals surface area (Å²) in [6, 6.07) is 14.3. The van der Waals surface area contributed by atoms with Gasteiger partial charge < -0.3 is 11.1 Å². The molecule has 3 nitrogen and oxygen atoms in total. The number of allylic oxidation sites excluding steroid dienone is 2. The van der Waals surface area contributed by atoms with Gasteiger partial charge in [-0.3, -0.25) is 4.79 Å². The summed E-state index contributed by atoms with van der Waals surface area (Å²) in [5, 5.41) is 5.49. The van der Waals surface area contributed by atoms with Crippen LogP contribution in [0, 0.1) is 17.8 Å². The van der Waals surface area contributed by atoms with Crippen LogP contribution in [0.1, 0.15) is 70.6 Å². The summed E-state index contributed by atoms with van der Waals surface area (Å²) in [7, 11) is 0. The Bertz CT molecular complexity index is 876. The van der Waals surface area contributed by atoms with Gasteiger partial charge in [0.2, 0.25) is 5.91 Å². The van der Waals surface area contributed by atoms with Crippen LogP contribution in [0.4, 0.5) is 5.69 Å². The minimum atomic E-state index is 0.0194. The molecule has 3 N–H and O–H groups in total. The maximum absolute atomic E-state index is 13.2. The Morgan fingerprint density at radius 1 is 0.933 bits per heavy atom. The number of nitrogens with two attached hydrogens (primary N) is 1. The van der Waals surface area contributed by atoms with Gasteiger partial charge in [-0.25, -0.2) is 0 Å². The van der Waals surface area contributed by atoms with Crippen LogP contribution >= 0.6 is 0 Å². The minimum absolute atomic E-state index is 0.0194. The van der Waals surface area contributed by atoms with Gasteiger partial charge in [-0.05, 0) is 49.0 Å². The van der Waals surface area contributed by atoms with E-state index in [0.717, 1.165) is 53.8 Å². The SMILES string of the molecule is N/C(=C\[C@H]1CCCCC1C(=O)Nc1cccc2ccccc12)CCC1CCCCC1. The number of amides is 1. The molecule has 30 heavy (non-hydrogen) atoms. The van der Waals surface area contributed by atoms with Crippen LogP contribution < -0.4 is 11.1 Å². The molecule has 1 unspecified atom stereocenters. The van der Waals surface area contributed by atoms with Crippen molar-refractivity contribution >= 4 is 22.4 Å². The monoisotopic (exact) mass is 404 g/mol. The third kappa shape index (κ3) is 5.24. The Balaban J connectivity index is 1.41. The van der Waals surface area contributed by atoms with Crippen LogP contribution in [0.2, 0.25) is 0 Å². The standard InChI is InChI=1S/C27H36N2O/c28-23(18-17-20-9-2-1-3-10-20)19-22-12-5-7-15-25(22)27(30)29-26-16-8-13-21-11-4-6-14-24(21)26/h4,6,8,11,13-14,16,19-20,22,25H,1-3,5,7,9-10,12,15,17-18,28H2,(H,29,30)/b23-19-/t22-,25?/m1/s1. The molecule has 0 aliphatic heterocycles. The van der Waals surface area contributed by atoms with Gasteiger partial charge in [0.05, 0.1) is 0 Å². The van der Waals surface area contributed by atoms with Crippen molar-refractivity contribution in [3.05, 3.63) is 54.2 Å². The van der Waals surface area contributed by atoms with E-state index in [4.69, 9.17) is 5.73 Å². The first kappa shape index (κ1) is 21.0. The van der Waals surface area contributed by atoms with Gasteiger partial charge in [0.1, 0.15) is 0 Å². The summed E-state index contributed by atoms with van der Waals surface area (Å²) in [5.41, 5.74) is 8.35. The van der Waals surface area contributed by atoms with Crippen LogP contribution in [0.3, 0.4) is 0 Å². The Morgan fingerprint density at radius 2 is 1.67 bits per heavy atom. The summed E-state index contributed by atoms with van der Waals surface area (Å²) in [6.07, 6.45) is 15.7. The molecule has 4 rings (SSSR count). The molecule has 0 bridgehead atoms. The molecule has 0 heterocycles. The van der Waals surface area contributed by atoms with Crippen LogP contribution in [-0.2, 0) is 4.79 Å². The predicted molar refractivity (Wildman–Crippen MR) is 126 cm³/mol. The van der Waals surface area contributed by atoms with Crippen molar-refractivity contribution in [1.29, 1.82) is 0 Å². The van der Waals surface area contributed by atoms with E-state index in [1.807, 2.05) is 24.3 Å². The lowest BCUT2D eigenvalue weighted by Gasteiger charge is -2.29. The summed E-state index contributed by atoms with van der Waals surface area (Å²) in [5.74, 6) is 1.28. The van der Waals surface area contributed by atoms with Crippen molar-refractivity contribution in [2.75, 3.05) is 5.32 Å². The van der Waals surface area contributed by atoms with E-state index >= 15 is 0 Å². The number of fused-ring (bicyclic) bond motifs is 1. The number of hydrogen-bond acceptors (Lipinski definition) is 2. The number of anilines is 1. The number of carbonyl (C=O) groups is 1. The molecule has 2 aromatic rings. The Hall–Kier alpha value is -2.29. The second-order valence-electron chi connectivity index (χ2n) is 9.36. The lowest BCUT2D eigenvalue weighted by atomic mass is 9.77. The molecule has 2 atom stereocenters. The first-order valence-corrected chi connectivity index (χ1v) is 12.0. The van der Waals surface area contributed by atoms with Crippen LogP contribution in [-0.4, -0.2) is 5.91 Å². The largest absolute Gasteiger partial charge is 0.402 e. The zero-order chi connectivity index (χ0) is 20.8. The van der Waals surface area contributed by atoms with Gasteiger partial charge in [-0.1, -0.05) is 87.4 Å². The molecule has 2 aromatic carbocycles. The van der Waals surface area contributed by atoms with E-state index in [-0.39, 0.29) is 17.7 Å². The van der Waals surface area contributed by atoms with Crippen molar-refractivity contribution < 1.29 is 4.79 Å². The molecule has 2 aliphatic carbocycles. The van der Waals surface area contributed by atoms with Gasteiger partial charge in [0.25, 0.3) is 0 Å². The van der Waals surface area contributed by atoms with Crippen molar-refractivity contribution in [3.63, 3.8) is 0 Å². The van der Waals surface area contributed by atoms with Gasteiger partial charge in [0, 0.05) is 22.7 Å². The van der Waals surface area contributed by atoms with Gasteiger partial charge >= 0.3 is 0 Å². The van der Waals surface area contributed by atoms with Gasteiger partial charge in [-0.2, -0.15) is 0 Å². The molecule has 0 saturated heterocycles. The fourth-order valence-corrected chi connectivity index (χ4v) is 5.45. The number of carbonyl (C=O) groups excluding carboxylic acids is 1. The lowest BCUT2D eigenvalue weighted by Crippen LogP contribution is -2.31. The smallest absolute Gasteiger partial charge is 0.228 e. The molecule has 1 amide bonds. The Labute approximate surface area is 181 Å². The first-order valence-electron chi connectivity index (χ1n) is 12.0. The molecule has 160 valence electrons. The van der Waals surface area contributed by atoms with Gasteiger partial charge in [0.15, 0.2) is 0 Å². The highest BCUT2D eigenvalue weighted by molar-refractivity contribution is 6.02. The molecule has 2 fully saturated rings. The third-order valence-corrected chi connectivity index (χ3v) is 7.20. The van der Waals surface area contributed by atoms with E-state index in [0.29, 0.717) is 0 Å². The maximum Gasteiger partial charge on any atom is 0.228 e. The van der Waals surface area contributed by atoms with E-state index in [1.54, 1.807) is 0 Å². The molecule has 0 aromatic heterocycles. The van der Waals surface area contributed by atoms with Crippen LogP contribution in [0.25, 0.3) is 10.8 Å². The van der Waals surface area contributed by atoms with Crippen LogP contribution in [0.15, 0.2) is 54.2 Å². The topological polar surface area (TPSA) is 55.1 Å². The molecule has 3 heteroatoms. The number of hydrogen-bond donors (Lipinski definition) is 2. The summed E-state index contributed by atoms with van der Waals surface area (Å²) in [4.78, 5) is 13.2. The average Bonchev–Trinajstić information content (AvgIpc) is 2.79. The van der Waals surface area contributed by atoms with E-state index in [9.17, 15) is 4.79 Å². The van der Waals surface area contributed by atoms with Crippen molar-refractivity contribution in [2.24, 2.45) is 23.5 Å². The zero-order valence-corrected chi connectivity index (χ0v) is 18.1. The van der Waals surface area contributed by atoms with E-state index in [2.05, 4.69) is 29.6 Å². The second-order valence-corrected chi connectivity index (χ2v) is 9.36. The quantitative estimate of drug-likeness (QED) is 0.557. The first-order chi connectivity index (χ1) is 14.7. The summed E-state index contributed by atoms with van der Waals surface area (Å²) >= 11 is 0. The lowest BCUT2D eigenvalue weighted by molar-refractivity contribution is -0.121. The normalized spacial score (nSPS) is 23.4. The van der Waals surface area contributed by atoms with Crippen molar-refractivity contribution in [1.82, 2.24) is 0 Å². The highest BCUT2D eigenvalue weighted by Gasteiger charge is 2.30. The van der Waals surface area contributed by atoms with E-state index < -0.39 is 0 Å². The zero-order valence-electron chi connectivity index (χ0n) is 18.1. The van der Waals surface area contributed by atoms with Crippen LogP contribution in [0.5, 0.6) is 0 Å². The molecule has 2 saturated carbocycles. The average molecular weight is 405 g/mol. The van der Waals surface area contributed by atoms with Crippen molar-refractivity contribution in [3.8, 4) is 0 Å².